The van der Waals surface area contributed by atoms with E-state index in [1.54, 1.807) is 25.1 Å². The molecule has 4 rings (SSSR count). The second-order valence-corrected chi connectivity index (χ2v) is 7.49. The summed E-state index contributed by atoms with van der Waals surface area (Å²) in [5.41, 5.74) is 1.46. The third-order valence-electron chi connectivity index (χ3n) is 5.75. The number of benzene rings is 1. The standard InChI is InChI=1S/C19H15F3O6/c1-7-2-3-8-9(4-7)14-15(18(26)28-17(14)25)11(6-19(20,21)22)13(8)10-5-12(23)27-16(10)24/h2-4,10-11,13-15H,5-6H2,1H3. The van der Waals surface area contributed by atoms with Crippen LogP contribution in [-0.2, 0) is 28.7 Å². The van der Waals surface area contributed by atoms with Crippen molar-refractivity contribution in [1.82, 2.24) is 0 Å². The van der Waals surface area contributed by atoms with Crippen LogP contribution in [0.25, 0.3) is 0 Å². The van der Waals surface area contributed by atoms with E-state index in [2.05, 4.69) is 9.47 Å². The fourth-order valence-electron chi connectivity index (χ4n) is 4.78. The molecule has 2 saturated heterocycles. The van der Waals surface area contributed by atoms with Crippen molar-refractivity contribution in [2.24, 2.45) is 17.8 Å². The third kappa shape index (κ3) is 2.89. The fraction of sp³-hybridized carbons (Fsp3) is 0.474. The lowest BCUT2D eigenvalue weighted by Crippen LogP contribution is -2.41. The minimum absolute atomic E-state index is 0.351. The first kappa shape index (κ1) is 18.6. The zero-order valence-electron chi connectivity index (χ0n) is 14.6. The molecule has 3 aliphatic rings. The van der Waals surface area contributed by atoms with Crippen molar-refractivity contribution < 1.29 is 41.8 Å². The zero-order chi connectivity index (χ0) is 20.4. The SMILES string of the molecule is Cc1ccc2c(c1)C1C(=O)OC(=O)C1C(CC(F)(F)F)C2C1CC(=O)OC1=O. The molecular weight excluding hydrogens is 381 g/mol. The van der Waals surface area contributed by atoms with Crippen molar-refractivity contribution in [3.05, 3.63) is 34.9 Å². The number of carbonyl (C=O) groups is 4. The molecule has 0 spiro atoms. The van der Waals surface area contributed by atoms with Crippen molar-refractivity contribution in [1.29, 1.82) is 0 Å². The maximum absolute atomic E-state index is 13.4. The van der Waals surface area contributed by atoms with E-state index >= 15 is 0 Å². The van der Waals surface area contributed by atoms with E-state index in [1.165, 1.54) is 0 Å². The molecule has 1 aromatic rings. The molecule has 0 aromatic heterocycles. The quantitative estimate of drug-likeness (QED) is 0.564. The van der Waals surface area contributed by atoms with Gasteiger partial charge < -0.3 is 9.47 Å². The normalized spacial score (nSPS) is 32.1. The molecule has 6 nitrogen and oxygen atoms in total. The lowest BCUT2D eigenvalue weighted by atomic mass is 9.59. The van der Waals surface area contributed by atoms with Gasteiger partial charge in [0.1, 0.15) is 0 Å². The van der Waals surface area contributed by atoms with Gasteiger partial charge >= 0.3 is 30.1 Å². The summed E-state index contributed by atoms with van der Waals surface area (Å²) in [6.07, 6.45) is -6.40. The second kappa shape index (κ2) is 6.15. The predicted molar refractivity (Wildman–Crippen MR) is 84.6 cm³/mol. The van der Waals surface area contributed by atoms with Crippen LogP contribution >= 0.6 is 0 Å². The summed E-state index contributed by atoms with van der Waals surface area (Å²) < 4.78 is 49.4. The number of alkyl halides is 3. The van der Waals surface area contributed by atoms with Gasteiger partial charge in [-0.1, -0.05) is 23.8 Å². The van der Waals surface area contributed by atoms with Crippen LogP contribution in [0.5, 0.6) is 0 Å². The van der Waals surface area contributed by atoms with Crippen molar-refractivity contribution in [2.75, 3.05) is 0 Å². The largest absolute Gasteiger partial charge is 0.393 e. The summed E-state index contributed by atoms with van der Waals surface area (Å²) in [7, 11) is 0. The fourth-order valence-corrected chi connectivity index (χ4v) is 4.78. The van der Waals surface area contributed by atoms with Crippen LogP contribution in [0.1, 0.15) is 41.4 Å². The molecule has 0 saturated carbocycles. The van der Waals surface area contributed by atoms with Crippen LogP contribution in [0.4, 0.5) is 13.2 Å². The molecule has 28 heavy (non-hydrogen) atoms. The van der Waals surface area contributed by atoms with Crippen molar-refractivity contribution in [2.45, 2.75) is 37.8 Å². The Morgan fingerprint density at radius 1 is 0.964 bits per heavy atom. The van der Waals surface area contributed by atoms with Gasteiger partial charge in [0.05, 0.1) is 24.2 Å². The van der Waals surface area contributed by atoms with Crippen LogP contribution < -0.4 is 0 Å². The number of aryl methyl sites for hydroxylation is 1. The first-order chi connectivity index (χ1) is 13.1. The Bertz CT molecular complexity index is 905. The summed E-state index contributed by atoms with van der Waals surface area (Å²) in [4.78, 5) is 48.4. The van der Waals surface area contributed by atoms with E-state index in [-0.39, 0.29) is 6.42 Å². The average Bonchev–Trinajstić information content (AvgIpc) is 3.05. The molecular formula is C19H15F3O6. The Kier molecular flexibility index (Phi) is 4.09. The van der Waals surface area contributed by atoms with Gasteiger partial charge in [0.25, 0.3) is 0 Å². The topological polar surface area (TPSA) is 86.7 Å². The van der Waals surface area contributed by atoms with Gasteiger partial charge in [-0.3, -0.25) is 19.2 Å². The predicted octanol–water partition coefficient (Wildman–Crippen LogP) is 2.53. The van der Waals surface area contributed by atoms with Gasteiger partial charge in [0.2, 0.25) is 0 Å². The Morgan fingerprint density at radius 3 is 2.29 bits per heavy atom. The van der Waals surface area contributed by atoms with Crippen molar-refractivity contribution in [3.63, 3.8) is 0 Å². The lowest BCUT2D eigenvalue weighted by molar-refractivity contribution is -0.163. The Labute approximate surface area is 157 Å². The molecule has 0 bridgehead atoms. The van der Waals surface area contributed by atoms with Gasteiger partial charge in [-0.2, -0.15) is 13.2 Å². The lowest BCUT2D eigenvalue weighted by Gasteiger charge is -2.40. The minimum Gasteiger partial charge on any atom is -0.393 e. The maximum atomic E-state index is 13.4. The molecule has 0 amide bonds. The maximum Gasteiger partial charge on any atom is 0.389 e. The average molecular weight is 396 g/mol. The number of cyclic esters (lactones) is 4. The van der Waals surface area contributed by atoms with Crippen LogP contribution in [0.3, 0.4) is 0 Å². The van der Waals surface area contributed by atoms with Gasteiger partial charge in [0.15, 0.2) is 0 Å². The molecule has 1 aromatic carbocycles. The second-order valence-electron chi connectivity index (χ2n) is 7.49. The van der Waals surface area contributed by atoms with Crippen LogP contribution in [0, 0.1) is 24.7 Å². The van der Waals surface area contributed by atoms with E-state index in [9.17, 15) is 32.3 Å². The number of esters is 4. The molecule has 2 aliphatic heterocycles. The van der Waals surface area contributed by atoms with Gasteiger partial charge in [-0.15, -0.1) is 0 Å². The Balaban J connectivity index is 1.92. The summed E-state index contributed by atoms with van der Waals surface area (Å²) in [5.74, 6) is -9.82. The number of rotatable bonds is 2. The van der Waals surface area contributed by atoms with E-state index in [1.807, 2.05) is 0 Å². The Morgan fingerprint density at radius 2 is 1.68 bits per heavy atom. The van der Waals surface area contributed by atoms with E-state index < -0.39 is 66.1 Å². The Hall–Kier alpha value is -2.71. The zero-order valence-corrected chi connectivity index (χ0v) is 14.6. The minimum atomic E-state index is -4.64. The smallest absolute Gasteiger partial charge is 0.389 e. The summed E-state index contributed by atoms with van der Waals surface area (Å²) in [6, 6.07) is 4.83. The van der Waals surface area contributed by atoms with E-state index in [0.29, 0.717) is 11.1 Å². The number of ether oxygens (including phenoxy) is 2. The molecule has 1 aliphatic carbocycles. The monoisotopic (exact) mass is 396 g/mol. The number of fused-ring (bicyclic) bond motifs is 3. The van der Waals surface area contributed by atoms with Gasteiger partial charge in [-0.05, 0) is 24.0 Å². The first-order valence-electron chi connectivity index (χ1n) is 8.74. The highest BCUT2D eigenvalue weighted by molar-refractivity contribution is 6.01. The van der Waals surface area contributed by atoms with E-state index in [0.717, 1.165) is 5.56 Å². The molecule has 9 heteroatoms. The summed E-state index contributed by atoms with van der Waals surface area (Å²) in [6.45, 7) is 1.74. The number of hydrogen-bond donors (Lipinski definition) is 0. The van der Waals surface area contributed by atoms with Crippen LogP contribution in [-0.4, -0.2) is 30.1 Å². The van der Waals surface area contributed by atoms with Gasteiger partial charge in [-0.25, -0.2) is 0 Å². The van der Waals surface area contributed by atoms with Crippen molar-refractivity contribution >= 4 is 23.9 Å². The van der Waals surface area contributed by atoms with Crippen LogP contribution in [0.2, 0.25) is 0 Å². The highest BCUT2D eigenvalue weighted by Gasteiger charge is 2.60. The molecule has 5 unspecified atom stereocenters. The summed E-state index contributed by atoms with van der Waals surface area (Å²) >= 11 is 0. The van der Waals surface area contributed by atoms with Gasteiger partial charge in [0, 0.05) is 12.3 Å². The summed E-state index contributed by atoms with van der Waals surface area (Å²) in [5, 5.41) is 0. The molecule has 2 fully saturated rings. The highest BCUT2D eigenvalue weighted by atomic mass is 19.4. The highest BCUT2D eigenvalue weighted by Crippen LogP contribution is 2.56. The number of halogens is 3. The number of hydrogen-bond acceptors (Lipinski definition) is 6. The molecule has 0 radical (unpaired) electrons. The third-order valence-corrected chi connectivity index (χ3v) is 5.75. The van der Waals surface area contributed by atoms with Crippen LogP contribution in [0.15, 0.2) is 18.2 Å². The molecule has 0 N–H and O–H groups in total. The molecule has 5 atom stereocenters. The van der Waals surface area contributed by atoms with E-state index in [4.69, 9.17) is 0 Å². The van der Waals surface area contributed by atoms with Crippen molar-refractivity contribution in [3.8, 4) is 0 Å². The molecule has 148 valence electrons. The number of carbonyl (C=O) groups excluding carboxylic acids is 4. The molecule has 2 heterocycles. The first-order valence-corrected chi connectivity index (χ1v) is 8.74.